The average Bonchev–Trinajstić information content (AvgIpc) is 3.04. The van der Waals surface area contributed by atoms with Crippen molar-refractivity contribution in [3.8, 4) is 0 Å². The zero-order chi connectivity index (χ0) is 22.3. The van der Waals surface area contributed by atoms with Gasteiger partial charge in [0.15, 0.2) is 9.84 Å². The number of anilines is 1. The van der Waals surface area contributed by atoms with Crippen molar-refractivity contribution >= 4 is 44.0 Å². The van der Waals surface area contributed by atoms with E-state index in [0.717, 1.165) is 11.3 Å². The van der Waals surface area contributed by atoms with E-state index in [9.17, 15) is 22.8 Å². The van der Waals surface area contributed by atoms with Gasteiger partial charge in [-0.15, -0.1) is 11.3 Å². The number of nitrogens with one attached hydrogen (secondary N) is 2. The van der Waals surface area contributed by atoms with E-state index in [1.54, 1.807) is 32.0 Å². The van der Waals surface area contributed by atoms with Gasteiger partial charge in [-0.2, -0.15) is 0 Å². The number of sulfone groups is 1. The molecule has 2 rings (SSSR count). The Hall–Kier alpha value is -2.72. The number of amides is 2. The lowest BCUT2D eigenvalue weighted by molar-refractivity contribution is -0.116. The van der Waals surface area contributed by atoms with Crippen molar-refractivity contribution in [3.63, 3.8) is 0 Å². The maximum atomic E-state index is 12.4. The summed E-state index contributed by atoms with van der Waals surface area (Å²) in [5.41, 5.74) is 0.607. The monoisotopic (exact) mass is 452 g/mol. The lowest BCUT2D eigenvalue weighted by atomic mass is 10.1. The van der Waals surface area contributed by atoms with Gasteiger partial charge in [0.05, 0.1) is 22.8 Å². The molecular weight excluding hydrogens is 428 g/mol. The number of carbonyl (C=O) groups excluding carboxylic acids is 3. The molecule has 2 amide bonds. The predicted octanol–water partition coefficient (Wildman–Crippen LogP) is 2.79. The van der Waals surface area contributed by atoms with Crippen molar-refractivity contribution in [1.82, 2.24) is 5.32 Å². The number of rotatable bonds is 9. The molecule has 0 bridgehead atoms. The molecular formula is C20H24N2O6S2. The molecule has 10 heteroatoms. The van der Waals surface area contributed by atoms with E-state index in [4.69, 9.17) is 4.74 Å². The second kappa shape index (κ2) is 10.4. The fraction of sp³-hybridized carbons (Fsp3) is 0.350. The van der Waals surface area contributed by atoms with E-state index in [2.05, 4.69) is 10.6 Å². The van der Waals surface area contributed by atoms with E-state index < -0.39 is 27.6 Å². The molecule has 0 fully saturated rings. The van der Waals surface area contributed by atoms with Crippen molar-refractivity contribution < 1.29 is 27.5 Å². The maximum absolute atomic E-state index is 12.4. The molecule has 0 radical (unpaired) electrons. The SMILES string of the molecule is CCOC(=O)c1sc(NC(=O)CCCS(=O)(=O)c2ccccc2)c(C(=O)NC)c1C. The quantitative estimate of drug-likeness (QED) is 0.565. The zero-order valence-corrected chi connectivity index (χ0v) is 18.6. The summed E-state index contributed by atoms with van der Waals surface area (Å²) in [4.78, 5) is 37.2. The summed E-state index contributed by atoms with van der Waals surface area (Å²) in [6.07, 6.45) is 0.0679. The first-order chi connectivity index (χ1) is 14.2. The number of carbonyl (C=O) groups is 3. The van der Waals surface area contributed by atoms with Crippen LogP contribution in [-0.4, -0.2) is 45.6 Å². The number of benzene rings is 1. The second-order valence-electron chi connectivity index (χ2n) is 6.34. The number of hydrogen-bond acceptors (Lipinski definition) is 7. The molecule has 0 unspecified atom stereocenters. The fourth-order valence-corrected chi connectivity index (χ4v) is 5.19. The lowest BCUT2D eigenvalue weighted by Crippen LogP contribution is -2.21. The molecule has 1 heterocycles. The van der Waals surface area contributed by atoms with Gasteiger partial charge in [-0.1, -0.05) is 18.2 Å². The molecule has 8 nitrogen and oxygen atoms in total. The van der Waals surface area contributed by atoms with Crippen LogP contribution in [-0.2, 0) is 19.4 Å². The lowest BCUT2D eigenvalue weighted by Gasteiger charge is -2.07. The van der Waals surface area contributed by atoms with Crippen molar-refractivity contribution in [2.24, 2.45) is 0 Å². The molecule has 2 N–H and O–H groups in total. The highest BCUT2D eigenvalue weighted by Gasteiger charge is 2.26. The van der Waals surface area contributed by atoms with Gasteiger partial charge in [0.1, 0.15) is 9.88 Å². The third kappa shape index (κ3) is 5.67. The van der Waals surface area contributed by atoms with Crippen LogP contribution in [0.4, 0.5) is 5.00 Å². The Kier molecular flexibility index (Phi) is 8.13. The number of thiophene rings is 1. The molecule has 0 spiro atoms. The minimum absolute atomic E-state index is 0.0507. The molecule has 2 aromatic rings. The topological polar surface area (TPSA) is 119 Å². The Bertz CT molecular complexity index is 1030. The molecule has 1 aromatic heterocycles. The van der Waals surface area contributed by atoms with Gasteiger partial charge in [-0.3, -0.25) is 9.59 Å². The van der Waals surface area contributed by atoms with Crippen molar-refractivity contribution in [2.45, 2.75) is 31.6 Å². The van der Waals surface area contributed by atoms with Gasteiger partial charge in [-0.05, 0) is 38.0 Å². The highest BCUT2D eigenvalue weighted by molar-refractivity contribution is 7.91. The first-order valence-corrected chi connectivity index (χ1v) is 11.8. The van der Waals surface area contributed by atoms with E-state index in [-0.39, 0.29) is 45.5 Å². The minimum atomic E-state index is -3.48. The average molecular weight is 453 g/mol. The van der Waals surface area contributed by atoms with Crippen LogP contribution < -0.4 is 10.6 Å². The van der Waals surface area contributed by atoms with E-state index in [0.29, 0.717) is 5.56 Å². The molecule has 0 aliphatic carbocycles. The second-order valence-corrected chi connectivity index (χ2v) is 9.47. The first-order valence-electron chi connectivity index (χ1n) is 9.31. The van der Waals surface area contributed by atoms with Gasteiger partial charge >= 0.3 is 5.97 Å². The Morgan fingerprint density at radius 1 is 1.13 bits per heavy atom. The molecule has 0 atom stereocenters. The summed E-state index contributed by atoms with van der Waals surface area (Å²) in [5, 5.41) is 5.34. The van der Waals surface area contributed by atoms with Crippen LogP contribution in [0.25, 0.3) is 0 Å². The fourth-order valence-electron chi connectivity index (χ4n) is 2.75. The molecule has 0 saturated carbocycles. The summed E-state index contributed by atoms with van der Waals surface area (Å²) in [7, 11) is -2.03. The molecule has 0 aliphatic rings. The summed E-state index contributed by atoms with van der Waals surface area (Å²) in [6.45, 7) is 3.46. The van der Waals surface area contributed by atoms with Crippen LogP contribution >= 0.6 is 11.3 Å². The van der Waals surface area contributed by atoms with Crippen molar-refractivity contribution in [2.75, 3.05) is 24.7 Å². The Labute approximate surface area is 179 Å². The van der Waals surface area contributed by atoms with Gasteiger partial charge in [0.25, 0.3) is 5.91 Å². The summed E-state index contributed by atoms with van der Waals surface area (Å²) < 4.78 is 29.6. The van der Waals surface area contributed by atoms with Gasteiger partial charge in [0, 0.05) is 13.5 Å². The summed E-state index contributed by atoms with van der Waals surface area (Å²) in [5.74, 6) is -1.63. The van der Waals surface area contributed by atoms with Gasteiger partial charge < -0.3 is 15.4 Å². The Morgan fingerprint density at radius 2 is 1.80 bits per heavy atom. The third-order valence-electron chi connectivity index (χ3n) is 4.23. The van der Waals surface area contributed by atoms with Gasteiger partial charge in [-0.25, -0.2) is 13.2 Å². The van der Waals surface area contributed by atoms with Crippen molar-refractivity contribution in [1.29, 1.82) is 0 Å². The van der Waals surface area contributed by atoms with E-state index >= 15 is 0 Å². The van der Waals surface area contributed by atoms with E-state index in [1.165, 1.54) is 19.2 Å². The third-order valence-corrected chi connectivity index (χ3v) is 7.24. The van der Waals surface area contributed by atoms with Crippen LogP contribution in [0.15, 0.2) is 35.2 Å². The van der Waals surface area contributed by atoms with Crippen LogP contribution in [0.2, 0.25) is 0 Å². The number of hydrogen-bond donors (Lipinski definition) is 2. The van der Waals surface area contributed by atoms with Crippen molar-refractivity contribution in [3.05, 3.63) is 46.3 Å². The normalized spacial score (nSPS) is 11.0. The predicted molar refractivity (Wildman–Crippen MR) is 115 cm³/mol. The Balaban J connectivity index is 2.09. The van der Waals surface area contributed by atoms with Crippen LogP contribution in [0.3, 0.4) is 0 Å². The maximum Gasteiger partial charge on any atom is 0.348 e. The standard InChI is InChI=1S/C20H24N2O6S2/c1-4-28-20(25)17-13(2)16(18(24)21-3)19(29-17)22-15(23)11-8-12-30(26,27)14-9-6-5-7-10-14/h5-7,9-10H,4,8,11-12H2,1-3H3,(H,21,24)(H,22,23). The van der Waals surface area contributed by atoms with Crippen LogP contribution in [0.1, 0.15) is 45.4 Å². The molecule has 0 saturated heterocycles. The van der Waals surface area contributed by atoms with Gasteiger partial charge in [0.2, 0.25) is 5.91 Å². The molecule has 162 valence electrons. The van der Waals surface area contributed by atoms with E-state index in [1.807, 2.05) is 0 Å². The largest absolute Gasteiger partial charge is 0.462 e. The first kappa shape index (κ1) is 23.6. The summed E-state index contributed by atoms with van der Waals surface area (Å²) in [6, 6.07) is 8.02. The summed E-state index contributed by atoms with van der Waals surface area (Å²) >= 11 is 0.957. The highest BCUT2D eigenvalue weighted by Crippen LogP contribution is 2.33. The molecule has 30 heavy (non-hydrogen) atoms. The van der Waals surface area contributed by atoms with Crippen LogP contribution in [0, 0.1) is 6.92 Å². The zero-order valence-electron chi connectivity index (χ0n) is 17.0. The highest BCUT2D eigenvalue weighted by atomic mass is 32.2. The Morgan fingerprint density at radius 3 is 2.40 bits per heavy atom. The van der Waals surface area contributed by atoms with Crippen LogP contribution in [0.5, 0.6) is 0 Å². The molecule has 1 aromatic carbocycles. The number of ether oxygens (including phenoxy) is 1. The minimum Gasteiger partial charge on any atom is -0.462 e. The molecule has 0 aliphatic heterocycles. The number of esters is 1. The smallest absolute Gasteiger partial charge is 0.348 e.